The van der Waals surface area contributed by atoms with Crippen LogP contribution in [0.25, 0.3) is 0 Å². The Balaban J connectivity index is 0. The number of aryl methyl sites for hydroxylation is 1. The number of hydrogen-bond donors (Lipinski definition) is 2. The zero-order valence-corrected chi connectivity index (χ0v) is 20.0. The van der Waals surface area contributed by atoms with Gasteiger partial charge in [0.1, 0.15) is 0 Å². The normalized spacial score (nSPS) is 11.3. The summed E-state index contributed by atoms with van der Waals surface area (Å²) in [7, 11) is -4.07. The minimum atomic E-state index is -4.07. The first-order valence-electron chi connectivity index (χ1n) is 10.3. The van der Waals surface area contributed by atoms with Crippen LogP contribution in [0.5, 0.6) is 0 Å². The minimum Gasteiger partial charge on any atom is -1.00 e. The number of benzene rings is 1. The second-order valence-electron chi connectivity index (χ2n) is 7.25. The first-order valence-corrected chi connectivity index (χ1v) is 11.7. The minimum absolute atomic E-state index is 0. The fraction of sp³-hybridized carbons (Fsp3) is 0.714. The van der Waals surface area contributed by atoms with Gasteiger partial charge in [-0.05, 0) is 43.5 Å². The molecule has 0 aromatic heterocycles. The molecule has 0 spiro atoms. The van der Waals surface area contributed by atoms with E-state index in [4.69, 9.17) is 10.3 Å². The van der Waals surface area contributed by atoms with Crippen LogP contribution in [0.15, 0.2) is 29.2 Å². The van der Waals surface area contributed by atoms with Crippen molar-refractivity contribution in [2.45, 2.75) is 94.8 Å². The maximum atomic E-state index is 11.0. The third-order valence-corrected chi connectivity index (χ3v) is 5.76. The summed E-state index contributed by atoms with van der Waals surface area (Å²) in [5, 5.41) is 0. The van der Waals surface area contributed by atoms with Crippen LogP contribution in [-0.2, 0) is 16.5 Å². The van der Waals surface area contributed by atoms with E-state index in [2.05, 4.69) is 0 Å². The van der Waals surface area contributed by atoms with E-state index in [1.807, 2.05) is 0 Å². The van der Waals surface area contributed by atoms with Gasteiger partial charge >= 0.3 is 29.6 Å². The molecule has 0 amide bonds. The van der Waals surface area contributed by atoms with Crippen molar-refractivity contribution in [3.8, 4) is 0 Å². The molecule has 4 nitrogen and oxygen atoms in total. The number of nitrogens with two attached hydrogens (primary N) is 1. The Morgan fingerprint density at radius 2 is 1.07 bits per heavy atom. The molecule has 0 saturated carbocycles. The van der Waals surface area contributed by atoms with Crippen LogP contribution in [0.3, 0.4) is 0 Å². The van der Waals surface area contributed by atoms with E-state index in [0.29, 0.717) is 0 Å². The molecule has 3 N–H and O–H groups in total. The molecule has 0 heterocycles. The van der Waals surface area contributed by atoms with Crippen LogP contribution < -0.4 is 35.3 Å². The van der Waals surface area contributed by atoms with Gasteiger partial charge in [0.25, 0.3) is 10.1 Å². The van der Waals surface area contributed by atoms with Crippen LogP contribution >= 0.6 is 0 Å². The molecule has 0 saturated heterocycles. The summed E-state index contributed by atoms with van der Waals surface area (Å²) >= 11 is 0. The van der Waals surface area contributed by atoms with Crippen LogP contribution in [0, 0.1) is 0 Å². The van der Waals surface area contributed by atoms with Gasteiger partial charge in [0.05, 0.1) is 4.90 Å². The maximum absolute atomic E-state index is 11.0. The fourth-order valence-corrected chi connectivity index (χ4v) is 3.73. The Bertz CT molecular complexity index is 568. The molecule has 0 aliphatic rings. The fourth-order valence-electron chi connectivity index (χ4n) is 3.25. The summed E-state index contributed by atoms with van der Waals surface area (Å²) in [5.74, 6) is 0. The van der Waals surface area contributed by atoms with Gasteiger partial charge in [-0.25, -0.2) is 0 Å². The maximum Gasteiger partial charge on any atom is 1.00 e. The Labute approximate surface area is 190 Å². The molecule has 1 aromatic carbocycles. The molecular formula is C21H38NNaO3S. The third kappa shape index (κ3) is 14.7. The van der Waals surface area contributed by atoms with E-state index in [1.165, 1.54) is 89.2 Å². The summed E-state index contributed by atoms with van der Waals surface area (Å²) in [5.41, 5.74) is 6.62. The average Bonchev–Trinajstić information content (AvgIpc) is 2.61. The van der Waals surface area contributed by atoms with Crippen LogP contribution in [0.2, 0.25) is 0 Å². The van der Waals surface area contributed by atoms with E-state index >= 15 is 0 Å². The van der Waals surface area contributed by atoms with Gasteiger partial charge < -0.3 is 7.16 Å². The second-order valence-corrected chi connectivity index (χ2v) is 8.68. The largest absolute Gasteiger partial charge is 1.00 e. The molecule has 152 valence electrons. The summed E-state index contributed by atoms with van der Waals surface area (Å²) < 4.78 is 30.9. The van der Waals surface area contributed by atoms with Crippen molar-refractivity contribution in [3.05, 3.63) is 29.8 Å². The van der Waals surface area contributed by atoms with Crippen LogP contribution in [-0.4, -0.2) is 19.5 Å². The molecule has 0 fully saturated rings. The molecule has 0 aliphatic heterocycles. The van der Waals surface area contributed by atoms with Gasteiger partial charge in [0.2, 0.25) is 0 Å². The Hall–Kier alpha value is 0.0900. The van der Waals surface area contributed by atoms with E-state index in [1.54, 1.807) is 12.1 Å². The molecular weight excluding hydrogens is 369 g/mol. The van der Waals surface area contributed by atoms with E-state index in [0.717, 1.165) is 24.9 Å². The summed E-state index contributed by atoms with van der Waals surface area (Å²) in [4.78, 5) is -0.0307. The van der Waals surface area contributed by atoms with Crippen LogP contribution in [0.1, 0.15) is 90.5 Å². The molecule has 27 heavy (non-hydrogen) atoms. The molecule has 6 heteroatoms. The van der Waals surface area contributed by atoms with Crippen molar-refractivity contribution in [2.75, 3.05) is 6.54 Å². The second kappa shape index (κ2) is 17.0. The first-order chi connectivity index (χ1) is 12.5. The molecule has 1 rings (SSSR count). The van der Waals surface area contributed by atoms with Gasteiger partial charge in [-0.3, -0.25) is 4.55 Å². The molecule has 0 radical (unpaired) electrons. The summed E-state index contributed by atoms with van der Waals surface area (Å²) in [6, 6.07) is 6.53. The average molecular weight is 408 g/mol. The Morgan fingerprint density at radius 1 is 0.704 bits per heavy atom. The van der Waals surface area contributed by atoms with Gasteiger partial charge in [-0.1, -0.05) is 82.8 Å². The smallest absolute Gasteiger partial charge is 1.00 e. The van der Waals surface area contributed by atoms with Crippen molar-refractivity contribution in [1.82, 2.24) is 0 Å². The quantitative estimate of drug-likeness (QED) is 0.251. The van der Waals surface area contributed by atoms with Crippen molar-refractivity contribution in [2.24, 2.45) is 5.73 Å². The van der Waals surface area contributed by atoms with Crippen molar-refractivity contribution < 1.29 is 44.0 Å². The van der Waals surface area contributed by atoms with Gasteiger partial charge in [0.15, 0.2) is 0 Å². The number of unbranched alkanes of at least 4 members (excludes halogenated alkanes) is 12. The molecule has 0 atom stereocenters. The van der Waals surface area contributed by atoms with Crippen molar-refractivity contribution in [1.29, 1.82) is 0 Å². The SMILES string of the molecule is NCCCCCCCCCCCCCCCc1ccc(S(=O)(=O)O)cc1.[H-].[Na+]. The predicted molar refractivity (Wildman–Crippen MR) is 110 cm³/mol. The van der Waals surface area contributed by atoms with Gasteiger partial charge in [-0.2, -0.15) is 8.42 Å². The Kier molecular flexibility index (Phi) is 17.0. The Morgan fingerprint density at radius 3 is 1.44 bits per heavy atom. The predicted octanol–water partition coefficient (Wildman–Crippen LogP) is 2.62. The molecule has 0 unspecified atom stereocenters. The van der Waals surface area contributed by atoms with E-state index in [9.17, 15) is 8.42 Å². The third-order valence-electron chi connectivity index (χ3n) is 4.89. The monoisotopic (exact) mass is 407 g/mol. The van der Waals surface area contributed by atoms with Crippen molar-refractivity contribution >= 4 is 10.1 Å². The number of hydrogen-bond acceptors (Lipinski definition) is 3. The standard InChI is InChI=1S/C21H37NO3S.Na.H/c22-19-13-11-9-7-5-3-1-2-4-6-8-10-12-14-20-15-17-21(18-16-20)26(23,24)25;;/h15-18H,1-14,19,22H2,(H,23,24,25);;/q;+1;-1. The summed E-state index contributed by atoms with van der Waals surface area (Å²) in [6.45, 7) is 0.834. The molecule has 0 aliphatic carbocycles. The zero-order valence-electron chi connectivity index (χ0n) is 18.2. The van der Waals surface area contributed by atoms with E-state index < -0.39 is 10.1 Å². The number of rotatable bonds is 16. The summed E-state index contributed by atoms with van der Waals surface area (Å²) in [6.07, 6.45) is 17.9. The molecule has 0 bridgehead atoms. The molecule has 1 aromatic rings. The van der Waals surface area contributed by atoms with Gasteiger partial charge in [-0.15, -0.1) is 0 Å². The van der Waals surface area contributed by atoms with Crippen molar-refractivity contribution in [3.63, 3.8) is 0 Å². The van der Waals surface area contributed by atoms with E-state index in [-0.39, 0.29) is 35.9 Å². The van der Waals surface area contributed by atoms with Gasteiger partial charge in [0, 0.05) is 0 Å². The van der Waals surface area contributed by atoms with Crippen LogP contribution in [0.4, 0.5) is 0 Å². The topological polar surface area (TPSA) is 80.4 Å². The zero-order chi connectivity index (χ0) is 19.1. The first kappa shape index (κ1) is 27.1.